The predicted octanol–water partition coefficient (Wildman–Crippen LogP) is 4.71. The summed E-state index contributed by atoms with van der Waals surface area (Å²) in [4.78, 5) is 16.6. The van der Waals surface area contributed by atoms with E-state index in [0.29, 0.717) is 12.3 Å². The third kappa shape index (κ3) is 3.63. The van der Waals surface area contributed by atoms with Crippen molar-refractivity contribution in [3.8, 4) is 11.3 Å². The Labute approximate surface area is 146 Å². The second-order valence-corrected chi connectivity index (χ2v) is 6.57. The van der Waals surface area contributed by atoms with Gasteiger partial charge in [-0.25, -0.2) is 4.98 Å². The molecule has 1 aliphatic rings. The molecule has 1 aromatic heterocycles. The monoisotopic (exact) mass is 332 g/mol. The van der Waals surface area contributed by atoms with E-state index in [-0.39, 0.29) is 5.91 Å². The molecule has 0 aliphatic heterocycles. The lowest BCUT2D eigenvalue weighted by molar-refractivity contribution is -0.115. The highest BCUT2D eigenvalue weighted by molar-refractivity contribution is 5.92. The Bertz CT molecular complexity index is 892. The molecule has 0 radical (unpaired) electrons. The Balaban J connectivity index is 1.41. The van der Waals surface area contributed by atoms with Crippen molar-refractivity contribution in [2.75, 3.05) is 5.32 Å². The smallest absolute Gasteiger partial charge is 0.228 e. The van der Waals surface area contributed by atoms with Crippen LogP contribution in [0.1, 0.15) is 35.8 Å². The first-order chi connectivity index (χ1) is 12.2. The predicted molar refractivity (Wildman–Crippen MR) is 97.4 cm³/mol. The summed E-state index contributed by atoms with van der Waals surface area (Å²) in [5.41, 5.74) is 3.93. The van der Waals surface area contributed by atoms with E-state index < -0.39 is 0 Å². The molecule has 126 valence electrons. The molecule has 1 saturated carbocycles. The van der Waals surface area contributed by atoms with Crippen molar-refractivity contribution in [3.63, 3.8) is 0 Å². The summed E-state index contributed by atoms with van der Waals surface area (Å²) in [6, 6.07) is 15.6. The summed E-state index contributed by atoms with van der Waals surface area (Å²) in [5.74, 6) is 2.11. The van der Waals surface area contributed by atoms with Crippen LogP contribution in [-0.4, -0.2) is 10.9 Å². The molecule has 1 fully saturated rings. The van der Waals surface area contributed by atoms with Crippen LogP contribution in [0.3, 0.4) is 0 Å². The number of nitrogens with zero attached hydrogens (tertiary/aromatic N) is 1. The molecule has 3 aromatic rings. The molecule has 0 atom stereocenters. The summed E-state index contributed by atoms with van der Waals surface area (Å²) >= 11 is 0. The molecule has 0 saturated heterocycles. The van der Waals surface area contributed by atoms with Gasteiger partial charge in [0.2, 0.25) is 5.91 Å². The van der Waals surface area contributed by atoms with E-state index in [9.17, 15) is 4.79 Å². The fourth-order valence-electron chi connectivity index (χ4n) is 2.84. The zero-order valence-corrected chi connectivity index (χ0v) is 14.2. The van der Waals surface area contributed by atoms with E-state index in [0.717, 1.165) is 34.0 Å². The maximum atomic E-state index is 12.2. The second kappa shape index (κ2) is 6.55. The van der Waals surface area contributed by atoms with E-state index in [1.54, 1.807) is 6.20 Å². The molecule has 4 nitrogen and oxygen atoms in total. The van der Waals surface area contributed by atoms with Crippen molar-refractivity contribution >= 4 is 11.6 Å². The molecular weight excluding hydrogens is 312 g/mol. The van der Waals surface area contributed by atoms with Gasteiger partial charge >= 0.3 is 0 Å². The highest BCUT2D eigenvalue weighted by Crippen LogP contribution is 2.40. The van der Waals surface area contributed by atoms with Crippen molar-refractivity contribution in [2.45, 2.75) is 32.1 Å². The molecule has 0 bridgehead atoms. The van der Waals surface area contributed by atoms with Crippen LogP contribution in [0.15, 0.2) is 59.1 Å². The fourth-order valence-corrected chi connectivity index (χ4v) is 2.84. The molecule has 0 spiro atoms. The van der Waals surface area contributed by atoms with Crippen molar-refractivity contribution in [1.82, 2.24) is 4.98 Å². The van der Waals surface area contributed by atoms with Crippen LogP contribution >= 0.6 is 0 Å². The first-order valence-corrected chi connectivity index (χ1v) is 8.59. The molecule has 4 heteroatoms. The summed E-state index contributed by atoms with van der Waals surface area (Å²) in [5, 5.41) is 2.94. The third-order valence-electron chi connectivity index (χ3n) is 4.52. The standard InChI is InChI=1S/C21H20N2O2/c1-14-4-2-3-5-17(14)12-20(24)23-18-10-8-15(9-11-18)19-13-22-21(25-19)16-6-7-16/h2-5,8-11,13,16H,6-7,12H2,1H3,(H,23,24). The number of aromatic nitrogens is 1. The normalized spacial score (nSPS) is 13.6. The number of rotatable bonds is 5. The van der Waals surface area contributed by atoms with Gasteiger partial charge in [-0.2, -0.15) is 0 Å². The lowest BCUT2D eigenvalue weighted by Gasteiger charge is -2.08. The molecule has 1 heterocycles. The van der Waals surface area contributed by atoms with Gasteiger partial charge in [0, 0.05) is 17.2 Å². The van der Waals surface area contributed by atoms with Gasteiger partial charge in [-0.3, -0.25) is 4.79 Å². The van der Waals surface area contributed by atoms with E-state index in [1.807, 2.05) is 55.5 Å². The third-order valence-corrected chi connectivity index (χ3v) is 4.52. The number of carbonyl (C=O) groups excluding carboxylic acids is 1. The van der Waals surface area contributed by atoms with Gasteiger partial charge in [0.1, 0.15) is 0 Å². The van der Waals surface area contributed by atoms with Crippen LogP contribution in [0.25, 0.3) is 11.3 Å². The van der Waals surface area contributed by atoms with Crippen molar-refractivity contribution < 1.29 is 9.21 Å². The minimum atomic E-state index is -0.0160. The van der Waals surface area contributed by atoms with Crippen molar-refractivity contribution in [2.24, 2.45) is 0 Å². The van der Waals surface area contributed by atoms with E-state index >= 15 is 0 Å². The summed E-state index contributed by atoms with van der Waals surface area (Å²) < 4.78 is 5.81. The number of anilines is 1. The molecule has 1 amide bonds. The number of carbonyl (C=O) groups is 1. The molecule has 0 unspecified atom stereocenters. The van der Waals surface area contributed by atoms with Gasteiger partial charge in [-0.05, 0) is 55.2 Å². The zero-order valence-electron chi connectivity index (χ0n) is 14.2. The Morgan fingerprint density at radius 3 is 2.64 bits per heavy atom. The lowest BCUT2D eigenvalue weighted by atomic mass is 10.1. The first kappa shape index (κ1) is 15.6. The number of hydrogen-bond donors (Lipinski definition) is 1. The molecule has 4 rings (SSSR count). The molecule has 1 aliphatic carbocycles. The molecule has 1 N–H and O–H groups in total. The zero-order chi connectivity index (χ0) is 17.2. The topological polar surface area (TPSA) is 55.1 Å². The van der Waals surface area contributed by atoms with Crippen molar-refractivity contribution in [3.05, 3.63) is 71.7 Å². The largest absolute Gasteiger partial charge is 0.440 e. The van der Waals surface area contributed by atoms with Gasteiger partial charge in [0.25, 0.3) is 0 Å². The second-order valence-electron chi connectivity index (χ2n) is 6.57. The number of hydrogen-bond acceptors (Lipinski definition) is 3. The number of oxazole rings is 1. The number of benzene rings is 2. The Hall–Kier alpha value is -2.88. The lowest BCUT2D eigenvalue weighted by Crippen LogP contribution is -2.14. The summed E-state index contributed by atoms with van der Waals surface area (Å²) in [6.45, 7) is 2.02. The van der Waals surface area contributed by atoms with Crippen LogP contribution < -0.4 is 5.32 Å². The van der Waals surface area contributed by atoms with E-state index in [1.165, 1.54) is 12.8 Å². The molecule has 2 aromatic carbocycles. The highest BCUT2D eigenvalue weighted by atomic mass is 16.4. The number of aryl methyl sites for hydroxylation is 1. The summed E-state index contributed by atoms with van der Waals surface area (Å²) in [7, 11) is 0. The average Bonchev–Trinajstić information content (AvgIpc) is 3.35. The molecule has 25 heavy (non-hydrogen) atoms. The van der Waals surface area contributed by atoms with Gasteiger partial charge in [0.15, 0.2) is 11.7 Å². The maximum absolute atomic E-state index is 12.2. The first-order valence-electron chi connectivity index (χ1n) is 8.59. The van der Waals surface area contributed by atoms with E-state index in [4.69, 9.17) is 4.42 Å². The van der Waals surface area contributed by atoms with Crippen LogP contribution in [0.5, 0.6) is 0 Å². The van der Waals surface area contributed by atoms with Gasteiger partial charge in [0.05, 0.1) is 12.6 Å². The fraction of sp³-hybridized carbons (Fsp3) is 0.238. The SMILES string of the molecule is Cc1ccccc1CC(=O)Nc1ccc(-c2cnc(C3CC3)o2)cc1. The Kier molecular flexibility index (Phi) is 4.10. The molecular formula is C21H20N2O2. The number of nitrogens with one attached hydrogen (secondary N) is 1. The van der Waals surface area contributed by atoms with Gasteiger partial charge in [-0.15, -0.1) is 0 Å². The van der Waals surface area contributed by atoms with E-state index in [2.05, 4.69) is 10.3 Å². The van der Waals surface area contributed by atoms with Crippen molar-refractivity contribution in [1.29, 1.82) is 0 Å². The average molecular weight is 332 g/mol. The summed E-state index contributed by atoms with van der Waals surface area (Å²) in [6.07, 6.45) is 4.50. The minimum Gasteiger partial charge on any atom is -0.440 e. The highest BCUT2D eigenvalue weighted by Gasteiger charge is 2.28. The Morgan fingerprint density at radius 2 is 1.92 bits per heavy atom. The Morgan fingerprint density at radius 1 is 1.16 bits per heavy atom. The quantitative estimate of drug-likeness (QED) is 0.736. The van der Waals surface area contributed by atoms with Crippen LogP contribution in [0.2, 0.25) is 0 Å². The van der Waals surface area contributed by atoms with Crippen LogP contribution in [0.4, 0.5) is 5.69 Å². The minimum absolute atomic E-state index is 0.0160. The van der Waals surface area contributed by atoms with Gasteiger partial charge in [-0.1, -0.05) is 24.3 Å². The maximum Gasteiger partial charge on any atom is 0.228 e. The van der Waals surface area contributed by atoms with Crippen LogP contribution in [-0.2, 0) is 11.2 Å². The van der Waals surface area contributed by atoms with Gasteiger partial charge < -0.3 is 9.73 Å². The number of amides is 1. The van der Waals surface area contributed by atoms with Crippen LogP contribution in [0, 0.1) is 6.92 Å².